The molecule has 0 radical (unpaired) electrons. The molecule has 0 atom stereocenters. The fourth-order valence-corrected chi connectivity index (χ4v) is 3.59. The number of amides is 1. The van der Waals surface area contributed by atoms with E-state index in [1.54, 1.807) is 30.3 Å². The number of phenols is 1. The summed E-state index contributed by atoms with van der Waals surface area (Å²) < 4.78 is 32.1. The Balaban J connectivity index is 1.62. The molecular formula is C21H19N3O5S. The maximum absolute atomic E-state index is 12.3. The molecule has 0 spiro atoms. The van der Waals surface area contributed by atoms with E-state index in [1.165, 1.54) is 55.8 Å². The molecule has 0 aromatic heterocycles. The molecule has 1 amide bonds. The third kappa shape index (κ3) is 5.15. The molecule has 30 heavy (non-hydrogen) atoms. The largest absolute Gasteiger partial charge is 0.504 e. The number of anilines is 1. The third-order valence-corrected chi connectivity index (χ3v) is 5.43. The molecule has 3 aromatic rings. The minimum atomic E-state index is -3.70. The van der Waals surface area contributed by atoms with Crippen molar-refractivity contribution in [3.63, 3.8) is 0 Å². The third-order valence-electron chi connectivity index (χ3n) is 4.04. The smallest absolute Gasteiger partial charge is 0.271 e. The number of hydrogen-bond acceptors (Lipinski definition) is 6. The molecule has 3 aromatic carbocycles. The van der Waals surface area contributed by atoms with Crippen LogP contribution in [0.5, 0.6) is 11.5 Å². The molecule has 0 fully saturated rings. The van der Waals surface area contributed by atoms with Crippen LogP contribution in [0.1, 0.15) is 15.9 Å². The summed E-state index contributed by atoms with van der Waals surface area (Å²) in [7, 11) is -2.27. The molecule has 0 saturated carbocycles. The van der Waals surface area contributed by atoms with Gasteiger partial charge in [0.05, 0.1) is 18.2 Å². The number of ether oxygens (including phenoxy) is 1. The van der Waals surface area contributed by atoms with Gasteiger partial charge in [0, 0.05) is 11.3 Å². The average molecular weight is 425 g/mol. The number of methoxy groups -OCH3 is 1. The van der Waals surface area contributed by atoms with Crippen LogP contribution in [0, 0.1) is 0 Å². The molecule has 0 unspecified atom stereocenters. The van der Waals surface area contributed by atoms with Crippen molar-refractivity contribution in [2.24, 2.45) is 5.10 Å². The first-order chi connectivity index (χ1) is 14.4. The highest BCUT2D eigenvalue weighted by atomic mass is 32.2. The van der Waals surface area contributed by atoms with E-state index in [0.29, 0.717) is 22.6 Å². The number of hydrogen-bond donors (Lipinski definition) is 3. The lowest BCUT2D eigenvalue weighted by Crippen LogP contribution is -2.18. The van der Waals surface area contributed by atoms with E-state index in [1.807, 2.05) is 0 Å². The number of nitrogens with zero attached hydrogens (tertiary/aromatic N) is 1. The highest BCUT2D eigenvalue weighted by Crippen LogP contribution is 2.25. The molecule has 3 rings (SSSR count). The summed E-state index contributed by atoms with van der Waals surface area (Å²) in [6.45, 7) is 0. The van der Waals surface area contributed by atoms with Gasteiger partial charge in [-0.2, -0.15) is 5.10 Å². The van der Waals surface area contributed by atoms with Crippen LogP contribution in [0.25, 0.3) is 0 Å². The van der Waals surface area contributed by atoms with E-state index >= 15 is 0 Å². The van der Waals surface area contributed by atoms with E-state index in [4.69, 9.17) is 4.74 Å². The van der Waals surface area contributed by atoms with Gasteiger partial charge in [0.1, 0.15) is 0 Å². The number of carbonyl (C=O) groups excluding carboxylic acids is 1. The molecule has 0 aliphatic rings. The van der Waals surface area contributed by atoms with E-state index in [2.05, 4.69) is 15.2 Å². The standard InChI is InChI=1S/C21H19N3O5S/c1-29-20-13-15(7-12-19(20)25)14-22-23-21(26)16-8-10-17(11-9-16)24-30(27,28)18-5-3-2-4-6-18/h2-14,24-25H,1H3,(H,23,26)/b22-14+. The second kappa shape index (κ2) is 9.10. The number of sulfonamides is 1. The van der Waals surface area contributed by atoms with E-state index in [0.717, 1.165) is 0 Å². The molecule has 9 heteroatoms. The predicted octanol–water partition coefficient (Wildman–Crippen LogP) is 2.97. The molecule has 0 saturated heterocycles. The summed E-state index contributed by atoms with van der Waals surface area (Å²) in [5, 5.41) is 13.4. The van der Waals surface area contributed by atoms with Gasteiger partial charge in [0.15, 0.2) is 11.5 Å². The molecule has 8 nitrogen and oxygen atoms in total. The Morgan fingerprint density at radius 2 is 1.73 bits per heavy atom. The SMILES string of the molecule is COc1cc(/C=N/NC(=O)c2ccc(NS(=O)(=O)c3ccccc3)cc2)ccc1O. The lowest BCUT2D eigenvalue weighted by atomic mass is 10.2. The zero-order valence-corrected chi connectivity index (χ0v) is 16.8. The van der Waals surface area contributed by atoms with Crippen LogP contribution < -0.4 is 14.9 Å². The van der Waals surface area contributed by atoms with Gasteiger partial charge in [0.2, 0.25) is 0 Å². The van der Waals surface area contributed by atoms with Crippen LogP contribution in [0.4, 0.5) is 5.69 Å². The monoisotopic (exact) mass is 425 g/mol. The second-order valence-electron chi connectivity index (χ2n) is 6.13. The van der Waals surface area contributed by atoms with Crippen molar-refractivity contribution in [3.8, 4) is 11.5 Å². The number of hydrazone groups is 1. The molecule has 0 bridgehead atoms. The molecule has 3 N–H and O–H groups in total. The molecule has 0 aliphatic carbocycles. The van der Waals surface area contributed by atoms with Gasteiger partial charge < -0.3 is 9.84 Å². The Labute approximate surface area is 173 Å². The summed E-state index contributed by atoms with van der Waals surface area (Å²) >= 11 is 0. The quantitative estimate of drug-likeness (QED) is 0.397. The fraction of sp³-hybridized carbons (Fsp3) is 0.0476. The first-order valence-electron chi connectivity index (χ1n) is 8.77. The summed E-state index contributed by atoms with van der Waals surface area (Å²) in [6.07, 6.45) is 1.40. The Kier molecular flexibility index (Phi) is 6.33. The summed E-state index contributed by atoms with van der Waals surface area (Å²) in [5.41, 5.74) is 3.64. The van der Waals surface area contributed by atoms with E-state index < -0.39 is 15.9 Å². The zero-order chi connectivity index (χ0) is 21.6. The van der Waals surface area contributed by atoms with Crippen molar-refractivity contribution < 1.29 is 23.1 Å². The van der Waals surface area contributed by atoms with Crippen molar-refractivity contribution in [2.45, 2.75) is 4.90 Å². The first-order valence-corrected chi connectivity index (χ1v) is 10.3. The summed E-state index contributed by atoms with van der Waals surface area (Å²) in [6, 6.07) is 18.6. The summed E-state index contributed by atoms with van der Waals surface area (Å²) in [5.74, 6) is -0.171. The van der Waals surface area contributed by atoms with E-state index in [9.17, 15) is 18.3 Å². The zero-order valence-electron chi connectivity index (χ0n) is 15.9. The highest BCUT2D eigenvalue weighted by Gasteiger charge is 2.13. The normalized spacial score (nSPS) is 11.2. The minimum Gasteiger partial charge on any atom is -0.504 e. The van der Waals surface area contributed by atoms with Crippen LogP contribution in [0.2, 0.25) is 0 Å². The topological polar surface area (TPSA) is 117 Å². The number of nitrogens with one attached hydrogen (secondary N) is 2. The van der Waals surface area contributed by atoms with Crippen molar-refractivity contribution in [1.29, 1.82) is 0 Å². The Bertz CT molecular complexity index is 1160. The summed E-state index contributed by atoms with van der Waals surface area (Å²) in [4.78, 5) is 12.3. The average Bonchev–Trinajstić information content (AvgIpc) is 2.75. The molecular weight excluding hydrogens is 406 g/mol. The lowest BCUT2D eigenvalue weighted by Gasteiger charge is -2.08. The lowest BCUT2D eigenvalue weighted by molar-refractivity contribution is 0.0955. The molecule has 0 heterocycles. The van der Waals surface area contributed by atoms with Crippen LogP contribution >= 0.6 is 0 Å². The molecule has 154 valence electrons. The van der Waals surface area contributed by atoms with Gasteiger partial charge in [-0.25, -0.2) is 13.8 Å². The number of benzene rings is 3. The number of aromatic hydroxyl groups is 1. The maximum atomic E-state index is 12.3. The predicted molar refractivity (Wildman–Crippen MR) is 113 cm³/mol. The number of carbonyl (C=O) groups is 1. The Morgan fingerprint density at radius 1 is 1.03 bits per heavy atom. The van der Waals surface area contributed by atoms with Crippen molar-refractivity contribution in [1.82, 2.24) is 5.43 Å². The Morgan fingerprint density at radius 3 is 2.40 bits per heavy atom. The van der Waals surface area contributed by atoms with Crippen molar-refractivity contribution >= 4 is 27.8 Å². The van der Waals surface area contributed by atoms with Crippen LogP contribution in [-0.2, 0) is 10.0 Å². The Hall–Kier alpha value is -3.85. The van der Waals surface area contributed by atoms with Crippen LogP contribution in [0.15, 0.2) is 82.8 Å². The van der Waals surface area contributed by atoms with Crippen LogP contribution in [0.3, 0.4) is 0 Å². The van der Waals surface area contributed by atoms with Crippen molar-refractivity contribution in [3.05, 3.63) is 83.9 Å². The van der Waals surface area contributed by atoms with Crippen molar-refractivity contribution in [2.75, 3.05) is 11.8 Å². The number of phenolic OH excluding ortho intramolecular Hbond substituents is 1. The maximum Gasteiger partial charge on any atom is 0.271 e. The molecule has 0 aliphatic heterocycles. The van der Waals surface area contributed by atoms with E-state index in [-0.39, 0.29) is 10.6 Å². The van der Waals surface area contributed by atoms with Gasteiger partial charge in [-0.3, -0.25) is 9.52 Å². The highest BCUT2D eigenvalue weighted by molar-refractivity contribution is 7.92. The van der Waals surface area contributed by atoms with Gasteiger partial charge in [-0.1, -0.05) is 18.2 Å². The van der Waals surface area contributed by atoms with Gasteiger partial charge in [-0.15, -0.1) is 0 Å². The fourth-order valence-electron chi connectivity index (χ4n) is 2.51. The minimum absolute atomic E-state index is 0.00154. The first kappa shape index (κ1) is 20.9. The van der Waals surface area contributed by atoms with Gasteiger partial charge >= 0.3 is 0 Å². The van der Waals surface area contributed by atoms with Gasteiger partial charge in [-0.05, 0) is 60.2 Å². The number of rotatable bonds is 7. The van der Waals surface area contributed by atoms with Crippen LogP contribution in [-0.4, -0.2) is 32.8 Å². The second-order valence-corrected chi connectivity index (χ2v) is 7.81. The van der Waals surface area contributed by atoms with Gasteiger partial charge in [0.25, 0.3) is 15.9 Å².